The molecule has 1 aromatic heterocycles. The molecule has 156 valence electrons. The number of hydrogen-bond acceptors (Lipinski definition) is 3. The van der Waals surface area contributed by atoms with E-state index in [0.29, 0.717) is 5.69 Å². The van der Waals surface area contributed by atoms with Crippen molar-refractivity contribution in [3.8, 4) is 5.69 Å². The third kappa shape index (κ3) is 3.57. The number of carbonyl (C=O) groups is 3. The number of carbonyl (C=O) groups excluding carboxylic acids is 3. The van der Waals surface area contributed by atoms with Gasteiger partial charge in [-0.05, 0) is 80.8 Å². The smallest absolute Gasteiger partial charge is 0.318 e. The third-order valence-corrected chi connectivity index (χ3v) is 5.63. The molecule has 0 spiro atoms. The highest BCUT2D eigenvalue weighted by Crippen LogP contribution is 2.26. The highest BCUT2D eigenvalue weighted by molar-refractivity contribution is 6.39. The van der Waals surface area contributed by atoms with Gasteiger partial charge in [-0.15, -0.1) is 0 Å². The number of aryl methyl sites for hydroxylation is 3. The Labute approximate surface area is 180 Å². The van der Waals surface area contributed by atoms with E-state index >= 15 is 0 Å². The van der Waals surface area contributed by atoms with Crippen molar-refractivity contribution in [2.75, 3.05) is 4.90 Å². The lowest BCUT2D eigenvalue weighted by molar-refractivity contribution is -0.122. The van der Waals surface area contributed by atoms with E-state index in [1.807, 2.05) is 26.0 Å². The summed E-state index contributed by atoms with van der Waals surface area (Å²) in [5, 5.41) is 2.27. The average molecular weight is 413 g/mol. The van der Waals surface area contributed by atoms with Gasteiger partial charge in [-0.1, -0.05) is 24.3 Å². The molecule has 0 aliphatic carbocycles. The average Bonchev–Trinajstić information content (AvgIpc) is 3.01. The number of urea groups is 1. The van der Waals surface area contributed by atoms with Gasteiger partial charge in [0.25, 0.3) is 11.8 Å². The Morgan fingerprint density at radius 2 is 1.52 bits per heavy atom. The fraction of sp³-hybridized carbons (Fsp3) is 0.160. The second kappa shape index (κ2) is 7.72. The number of nitrogens with zero attached hydrogens (tertiary/aromatic N) is 2. The minimum absolute atomic E-state index is 0.0798. The van der Waals surface area contributed by atoms with E-state index in [2.05, 4.69) is 35.9 Å². The number of aromatic nitrogens is 1. The van der Waals surface area contributed by atoms with Crippen LogP contribution in [0.4, 0.5) is 10.5 Å². The van der Waals surface area contributed by atoms with E-state index in [9.17, 15) is 14.4 Å². The first-order valence-electron chi connectivity index (χ1n) is 10.0. The first-order chi connectivity index (χ1) is 14.8. The summed E-state index contributed by atoms with van der Waals surface area (Å²) in [6.45, 7) is 8.06. The van der Waals surface area contributed by atoms with Gasteiger partial charge < -0.3 is 4.57 Å². The van der Waals surface area contributed by atoms with E-state index in [0.717, 1.165) is 27.5 Å². The molecule has 4 rings (SSSR count). The number of amides is 4. The first kappa shape index (κ1) is 20.3. The largest absolute Gasteiger partial charge is 0.335 e. The number of nitrogens with one attached hydrogen (secondary N) is 1. The lowest BCUT2D eigenvalue weighted by Gasteiger charge is -2.26. The lowest BCUT2D eigenvalue weighted by Crippen LogP contribution is -2.54. The van der Waals surface area contributed by atoms with Gasteiger partial charge in [-0.2, -0.15) is 0 Å². The van der Waals surface area contributed by atoms with Crippen LogP contribution in [0.2, 0.25) is 0 Å². The van der Waals surface area contributed by atoms with Gasteiger partial charge in [0.2, 0.25) is 0 Å². The second-order valence-electron chi connectivity index (χ2n) is 7.72. The van der Waals surface area contributed by atoms with Crippen molar-refractivity contribution in [3.63, 3.8) is 0 Å². The molecule has 2 aromatic carbocycles. The number of hydrogen-bond donors (Lipinski definition) is 1. The molecule has 6 nitrogen and oxygen atoms in total. The Kier molecular flexibility index (Phi) is 5.07. The van der Waals surface area contributed by atoms with Gasteiger partial charge in [-0.25, -0.2) is 9.69 Å². The molecule has 1 aliphatic rings. The molecule has 6 heteroatoms. The molecule has 3 aromatic rings. The molecule has 1 saturated heterocycles. The van der Waals surface area contributed by atoms with Gasteiger partial charge in [0.1, 0.15) is 5.57 Å². The molecule has 2 heterocycles. The molecule has 1 N–H and O–H groups in total. The van der Waals surface area contributed by atoms with Crippen LogP contribution in [0.1, 0.15) is 28.1 Å². The Morgan fingerprint density at radius 3 is 2.19 bits per heavy atom. The van der Waals surface area contributed by atoms with Crippen molar-refractivity contribution >= 4 is 29.6 Å². The molecular formula is C25H23N3O3. The number of benzene rings is 2. The van der Waals surface area contributed by atoms with Crippen molar-refractivity contribution in [1.82, 2.24) is 9.88 Å². The number of barbiturate groups is 1. The predicted octanol–water partition coefficient (Wildman–Crippen LogP) is 4.38. The summed E-state index contributed by atoms with van der Waals surface area (Å²) < 4.78 is 2.09. The maximum atomic E-state index is 13.1. The topological polar surface area (TPSA) is 71.4 Å². The van der Waals surface area contributed by atoms with E-state index in [1.165, 1.54) is 11.1 Å². The zero-order chi connectivity index (χ0) is 22.3. The van der Waals surface area contributed by atoms with Gasteiger partial charge in [0.15, 0.2) is 0 Å². The molecule has 0 bridgehead atoms. The maximum Gasteiger partial charge on any atom is 0.335 e. The van der Waals surface area contributed by atoms with E-state index in [1.54, 1.807) is 36.4 Å². The molecule has 0 unspecified atom stereocenters. The molecule has 1 aliphatic heterocycles. The normalized spacial score (nSPS) is 15.5. The second-order valence-corrected chi connectivity index (χ2v) is 7.72. The van der Waals surface area contributed by atoms with Crippen molar-refractivity contribution in [3.05, 3.63) is 88.2 Å². The van der Waals surface area contributed by atoms with Crippen molar-refractivity contribution in [1.29, 1.82) is 0 Å². The number of para-hydroxylation sites is 1. The Balaban J connectivity index is 1.77. The molecule has 4 amide bonds. The highest BCUT2D eigenvalue weighted by atomic mass is 16.2. The minimum Gasteiger partial charge on any atom is -0.318 e. The first-order valence-corrected chi connectivity index (χ1v) is 10.0. The molecule has 0 atom stereocenters. The van der Waals surface area contributed by atoms with Crippen molar-refractivity contribution in [2.24, 2.45) is 0 Å². The van der Waals surface area contributed by atoms with Crippen LogP contribution in [-0.4, -0.2) is 22.4 Å². The summed E-state index contributed by atoms with van der Waals surface area (Å²) in [6.07, 6.45) is 1.56. The van der Waals surface area contributed by atoms with Gasteiger partial charge in [0.05, 0.1) is 5.69 Å². The summed E-state index contributed by atoms with van der Waals surface area (Å²) >= 11 is 0. The number of imide groups is 2. The fourth-order valence-electron chi connectivity index (χ4n) is 3.82. The van der Waals surface area contributed by atoms with Crippen LogP contribution in [0.25, 0.3) is 11.8 Å². The van der Waals surface area contributed by atoms with Crippen LogP contribution in [0.5, 0.6) is 0 Å². The summed E-state index contributed by atoms with van der Waals surface area (Å²) in [7, 11) is 0. The lowest BCUT2D eigenvalue weighted by atomic mass is 10.1. The third-order valence-electron chi connectivity index (χ3n) is 5.63. The Hall–Kier alpha value is -3.93. The van der Waals surface area contributed by atoms with Gasteiger partial charge >= 0.3 is 6.03 Å². The Bertz CT molecular complexity index is 1250. The zero-order valence-electron chi connectivity index (χ0n) is 17.9. The quantitative estimate of drug-likeness (QED) is 0.512. The molecular weight excluding hydrogens is 390 g/mol. The van der Waals surface area contributed by atoms with Gasteiger partial charge in [-0.3, -0.25) is 14.9 Å². The fourth-order valence-corrected chi connectivity index (χ4v) is 3.82. The summed E-state index contributed by atoms with van der Waals surface area (Å²) in [4.78, 5) is 38.9. The standard InChI is InChI=1S/C25H23N3O3/c1-15-10-11-21(12-16(15)2)27-17(3)13-19(18(27)4)14-22-23(29)26-25(31)28(24(22)30)20-8-6-5-7-9-20/h5-14H,1-4H3,(H,26,29,31)/b22-14+. The van der Waals surface area contributed by atoms with Crippen molar-refractivity contribution < 1.29 is 14.4 Å². The number of rotatable bonds is 3. The highest BCUT2D eigenvalue weighted by Gasteiger charge is 2.36. The summed E-state index contributed by atoms with van der Waals surface area (Å²) in [6, 6.07) is 16.0. The minimum atomic E-state index is -0.751. The predicted molar refractivity (Wildman–Crippen MR) is 120 cm³/mol. The van der Waals surface area contributed by atoms with E-state index in [-0.39, 0.29) is 5.57 Å². The van der Waals surface area contributed by atoms with Crippen LogP contribution in [0.15, 0.2) is 60.2 Å². The Morgan fingerprint density at radius 1 is 0.806 bits per heavy atom. The van der Waals surface area contributed by atoms with Crippen LogP contribution >= 0.6 is 0 Å². The maximum absolute atomic E-state index is 13.1. The molecule has 1 fully saturated rings. The van der Waals surface area contributed by atoms with Gasteiger partial charge in [0, 0.05) is 17.1 Å². The van der Waals surface area contributed by atoms with E-state index in [4.69, 9.17) is 0 Å². The molecule has 0 radical (unpaired) electrons. The van der Waals surface area contributed by atoms with E-state index < -0.39 is 17.8 Å². The zero-order valence-corrected chi connectivity index (χ0v) is 17.9. The van der Waals surface area contributed by atoms with Crippen molar-refractivity contribution in [2.45, 2.75) is 27.7 Å². The van der Waals surface area contributed by atoms with Crippen LogP contribution in [0, 0.1) is 27.7 Å². The molecule has 0 saturated carbocycles. The van der Waals surface area contributed by atoms with Crippen LogP contribution < -0.4 is 10.2 Å². The van der Waals surface area contributed by atoms with Crippen LogP contribution in [-0.2, 0) is 9.59 Å². The number of anilines is 1. The molecule has 31 heavy (non-hydrogen) atoms. The summed E-state index contributed by atoms with van der Waals surface area (Å²) in [5.41, 5.74) is 6.37. The van der Waals surface area contributed by atoms with Crippen LogP contribution in [0.3, 0.4) is 0 Å². The summed E-state index contributed by atoms with van der Waals surface area (Å²) in [5.74, 6) is -1.34. The SMILES string of the molecule is Cc1ccc(-n2c(C)cc(/C=C3\C(=O)NC(=O)N(c4ccccc4)C3=O)c2C)cc1C. The monoisotopic (exact) mass is 413 g/mol.